The molecule has 1 aromatic heterocycles. The topological polar surface area (TPSA) is 61.8 Å². The first-order chi connectivity index (χ1) is 14.9. The normalized spacial score (nSPS) is 18.5. The van der Waals surface area contributed by atoms with Crippen LogP contribution < -0.4 is 10.6 Å². The van der Waals surface area contributed by atoms with Gasteiger partial charge >= 0.3 is 0 Å². The minimum Gasteiger partial charge on any atom is -0.381 e. The van der Waals surface area contributed by atoms with E-state index >= 15 is 0 Å². The molecule has 2 aromatic rings. The third-order valence-electron chi connectivity index (χ3n) is 5.10. The van der Waals surface area contributed by atoms with Crippen LogP contribution in [0.5, 0.6) is 0 Å². The van der Waals surface area contributed by atoms with Crippen molar-refractivity contribution in [1.29, 1.82) is 0 Å². The molecule has 0 unspecified atom stereocenters. The van der Waals surface area contributed by atoms with E-state index in [1.54, 1.807) is 0 Å². The maximum absolute atomic E-state index is 5.59. The molecule has 0 spiro atoms. The molecular weight excluding hydrogens is 374 g/mol. The molecular formula is C24H35N5O. The Labute approximate surface area is 180 Å². The molecule has 1 aromatic carbocycles. The van der Waals surface area contributed by atoms with Gasteiger partial charge in [-0.15, -0.1) is 0 Å². The highest BCUT2D eigenvalue weighted by molar-refractivity contribution is 5.57. The van der Waals surface area contributed by atoms with Crippen LogP contribution in [0.25, 0.3) is 0 Å². The smallest absolute Gasteiger partial charge is 0.0541 e. The van der Waals surface area contributed by atoms with Crippen molar-refractivity contribution in [2.24, 2.45) is 4.99 Å². The van der Waals surface area contributed by atoms with E-state index in [-0.39, 0.29) is 0 Å². The molecule has 3 rings (SSSR count). The average molecular weight is 410 g/mol. The third kappa shape index (κ3) is 9.13. The molecule has 0 bridgehead atoms. The lowest BCUT2D eigenvalue weighted by molar-refractivity contribution is 0.138. The number of nitrogens with zero attached hydrogens (tertiary/aromatic N) is 3. The third-order valence-corrected chi connectivity index (χ3v) is 5.10. The van der Waals surface area contributed by atoms with E-state index < -0.39 is 0 Å². The maximum atomic E-state index is 5.59. The summed E-state index contributed by atoms with van der Waals surface area (Å²) in [7, 11) is 0. The SMILES string of the molecule is C1=N\CCN(Cc2ccc(CNCc3ccccn3)cc2)CCNCCCOCC/1. The Morgan fingerprint density at radius 1 is 0.967 bits per heavy atom. The molecule has 30 heavy (non-hydrogen) atoms. The molecule has 2 heterocycles. The Morgan fingerprint density at radius 3 is 2.73 bits per heavy atom. The number of rotatable bonds is 6. The fourth-order valence-corrected chi connectivity index (χ4v) is 3.41. The number of pyridine rings is 1. The van der Waals surface area contributed by atoms with E-state index in [1.165, 1.54) is 11.1 Å². The first-order valence-corrected chi connectivity index (χ1v) is 11.1. The summed E-state index contributed by atoms with van der Waals surface area (Å²) < 4.78 is 5.59. The van der Waals surface area contributed by atoms with Gasteiger partial charge in [0.1, 0.15) is 0 Å². The summed E-state index contributed by atoms with van der Waals surface area (Å²) in [6.45, 7) is 9.07. The van der Waals surface area contributed by atoms with Gasteiger partial charge in [-0.25, -0.2) is 0 Å². The van der Waals surface area contributed by atoms with Crippen LogP contribution in [0.15, 0.2) is 53.7 Å². The monoisotopic (exact) mass is 409 g/mol. The predicted octanol–water partition coefficient (Wildman–Crippen LogP) is 2.64. The Bertz CT molecular complexity index is 720. The van der Waals surface area contributed by atoms with Gasteiger partial charge in [-0.3, -0.25) is 14.9 Å². The summed E-state index contributed by atoms with van der Waals surface area (Å²) in [5.41, 5.74) is 3.71. The van der Waals surface area contributed by atoms with Gasteiger partial charge in [0.05, 0.1) is 18.8 Å². The van der Waals surface area contributed by atoms with Gasteiger partial charge in [0.2, 0.25) is 0 Å². The van der Waals surface area contributed by atoms with Crippen molar-refractivity contribution < 1.29 is 4.74 Å². The average Bonchev–Trinajstić information content (AvgIpc) is 2.78. The van der Waals surface area contributed by atoms with Crippen LogP contribution in [0.2, 0.25) is 0 Å². The van der Waals surface area contributed by atoms with Gasteiger partial charge in [-0.1, -0.05) is 30.3 Å². The van der Waals surface area contributed by atoms with Gasteiger partial charge in [-0.2, -0.15) is 0 Å². The Kier molecular flexibility index (Phi) is 10.5. The standard InChI is InChI=1S/C24H35N5O/c1-2-12-28-24(5-1)20-27-19-22-6-8-23(9-7-22)21-29-15-13-25-10-3-17-30-18-4-11-26-14-16-29/h1-2,5-10,12,26-27H,3-4,11,13-21H2/b25-10-. The molecule has 0 atom stereocenters. The van der Waals surface area contributed by atoms with E-state index in [2.05, 4.69) is 49.8 Å². The molecule has 0 amide bonds. The number of benzene rings is 1. The fourth-order valence-electron chi connectivity index (χ4n) is 3.41. The summed E-state index contributed by atoms with van der Waals surface area (Å²) in [6.07, 6.45) is 5.81. The van der Waals surface area contributed by atoms with Crippen LogP contribution >= 0.6 is 0 Å². The van der Waals surface area contributed by atoms with Crippen LogP contribution in [0.4, 0.5) is 0 Å². The van der Waals surface area contributed by atoms with Gasteiger partial charge in [0.25, 0.3) is 0 Å². The van der Waals surface area contributed by atoms with Crippen molar-refractivity contribution in [2.45, 2.75) is 32.5 Å². The van der Waals surface area contributed by atoms with Crippen molar-refractivity contribution in [3.8, 4) is 0 Å². The molecule has 0 radical (unpaired) electrons. The number of nitrogens with one attached hydrogen (secondary N) is 2. The van der Waals surface area contributed by atoms with Gasteiger partial charge in [-0.05, 0) is 36.2 Å². The van der Waals surface area contributed by atoms with Crippen molar-refractivity contribution in [2.75, 3.05) is 45.9 Å². The zero-order chi connectivity index (χ0) is 20.7. The van der Waals surface area contributed by atoms with Gasteiger partial charge in [0.15, 0.2) is 0 Å². The van der Waals surface area contributed by atoms with Crippen molar-refractivity contribution >= 4 is 6.21 Å². The zero-order valence-electron chi connectivity index (χ0n) is 17.9. The molecule has 1 aliphatic rings. The first-order valence-electron chi connectivity index (χ1n) is 11.1. The second-order valence-electron chi connectivity index (χ2n) is 7.61. The summed E-state index contributed by atoms with van der Waals surface area (Å²) in [4.78, 5) is 11.4. The number of ether oxygens (including phenoxy) is 1. The summed E-state index contributed by atoms with van der Waals surface area (Å²) >= 11 is 0. The molecule has 0 saturated carbocycles. The lowest BCUT2D eigenvalue weighted by atomic mass is 10.1. The quantitative estimate of drug-likeness (QED) is 0.768. The molecule has 6 heteroatoms. The second-order valence-corrected chi connectivity index (χ2v) is 7.61. The molecule has 2 N–H and O–H groups in total. The van der Waals surface area contributed by atoms with Crippen molar-refractivity contribution in [3.63, 3.8) is 0 Å². The Hall–Kier alpha value is -2.12. The first kappa shape index (κ1) is 22.6. The van der Waals surface area contributed by atoms with E-state index in [0.717, 1.165) is 84.1 Å². The van der Waals surface area contributed by atoms with Gasteiger partial charge < -0.3 is 15.4 Å². The zero-order valence-corrected chi connectivity index (χ0v) is 17.9. The molecule has 0 saturated heterocycles. The molecule has 6 nitrogen and oxygen atoms in total. The van der Waals surface area contributed by atoms with Gasteiger partial charge in [0, 0.05) is 64.7 Å². The highest BCUT2D eigenvalue weighted by atomic mass is 16.5. The second kappa shape index (κ2) is 14.0. The van der Waals surface area contributed by atoms with Crippen LogP contribution in [0.1, 0.15) is 29.7 Å². The van der Waals surface area contributed by atoms with E-state index in [9.17, 15) is 0 Å². The van der Waals surface area contributed by atoms with Crippen molar-refractivity contribution in [3.05, 3.63) is 65.5 Å². The molecule has 162 valence electrons. The summed E-state index contributed by atoms with van der Waals surface area (Å²) in [5.74, 6) is 0. The lowest BCUT2D eigenvalue weighted by Crippen LogP contribution is -2.34. The van der Waals surface area contributed by atoms with E-state index in [1.807, 2.05) is 30.6 Å². The number of hydrogen-bond acceptors (Lipinski definition) is 6. The van der Waals surface area contributed by atoms with E-state index in [4.69, 9.17) is 4.74 Å². The number of hydrogen-bond donors (Lipinski definition) is 2. The maximum Gasteiger partial charge on any atom is 0.0541 e. The highest BCUT2D eigenvalue weighted by Gasteiger charge is 2.06. The number of aliphatic imine (C=N–C) groups is 1. The lowest BCUT2D eigenvalue weighted by Gasteiger charge is -2.22. The molecule has 0 aliphatic carbocycles. The molecule has 0 fully saturated rings. The molecule has 1 aliphatic heterocycles. The Morgan fingerprint density at radius 2 is 1.87 bits per heavy atom. The van der Waals surface area contributed by atoms with E-state index in [0.29, 0.717) is 0 Å². The minimum absolute atomic E-state index is 0.774. The van der Waals surface area contributed by atoms with Crippen LogP contribution in [-0.4, -0.2) is 62.0 Å². The fraction of sp³-hybridized carbons (Fsp3) is 0.500. The van der Waals surface area contributed by atoms with Crippen molar-refractivity contribution in [1.82, 2.24) is 20.5 Å². The van der Waals surface area contributed by atoms with Crippen LogP contribution in [-0.2, 0) is 24.4 Å². The Balaban J connectivity index is 1.45. The van der Waals surface area contributed by atoms with Crippen LogP contribution in [0.3, 0.4) is 0 Å². The summed E-state index contributed by atoms with van der Waals surface area (Å²) in [5, 5.41) is 6.99. The minimum atomic E-state index is 0.774. The predicted molar refractivity (Wildman–Crippen MR) is 123 cm³/mol. The highest BCUT2D eigenvalue weighted by Crippen LogP contribution is 2.08. The summed E-state index contributed by atoms with van der Waals surface area (Å²) in [6, 6.07) is 15.0. The van der Waals surface area contributed by atoms with Crippen LogP contribution in [0, 0.1) is 0 Å². The number of aromatic nitrogens is 1. The largest absolute Gasteiger partial charge is 0.381 e.